The number of piperidine rings is 1. The van der Waals surface area contributed by atoms with E-state index < -0.39 is 5.97 Å². The van der Waals surface area contributed by atoms with Gasteiger partial charge in [0.25, 0.3) is 0 Å². The quantitative estimate of drug-likeness (QED) is 0.795. The monoisotopic (exact) mass is 374 g/mol. The second-order valence-corrected chi connectivity index (χ2v) is 7.44. The average Bonchev–Trinajstić information content (AvgIpc) is 2.67. The molecule has 1 N–H and O–H groups in total. The lowest BCUT2D eigenvalue weighted by molar-refractivity contribution is -0.146. The van der Waals surface area contributed by atoms with Crippen molar-refractivity contribution in [3.63, 3.8) is 0 Å². The Kier molecular flexibility index (Phi) is 7.39. The molecule has 1 fully saturated rings. The van der Waals surface area contributed by atoms with E-state index in [9.17, 15) is 14.4 Å². The van der Waals surface area contributed by atoms with Crippen molar-refractivity contribution in [1.82, 2.24) is 9.80 Å². The Hall–Kier alpha value is -2.37. The lowest BCUT2D eigenvalue weighted by Gasteiger charge is -2.31. The van der Waals surface area contributed by atoms with Gasteiger partial charge in [-0.3, -0.25) is 14.4 Å². The summed E-state index contributed by atoms with van der Waals surface area (Å²) < 4.78 is 0. The zero-order valence-electron chi connectivity index (χ0n) is 16.5. The van der Waals surface area contributed by atoms with Gasteiger partial charge in [-0.1, -0.05) is 38.1 Å². The van der Waals surface area contributed by atoms with E-state index in [1.807, 2.05) is 6.92 Å². The van der Waals surface area contributed by atoms with Crippen LogP contribution in [0.2, 0.25) is 0 Å². The smallest absolute Gasteiger partial charge is 0.306 e. The van der Waals surface area contributed by atoms with Gasteiger partial charge in [0.2, 0.25) is 11.8 Å². The number of carboxylic acids is 1. The highest BCUT2D eigenvalue weighted by Gasteiger charge is 2.28. The highest BCUT2D eigenvalue weighted by molar-refractivity contribution is 5.85. The van der Waals surface area contributed by atoms with Crippen LogP contribution in [0, 0.1) is 5.92 Å². The number of amides is 2. The summed E-state index contributed by atoms with van der Waals surface area (Å²) in [6.07, 6.45) is 2.30. The third-order valence-electron chi connectivity index (χ3n) is 5.43. The molecule has 1 aromatic rings. The van der Waals surface area contributed by atoms with Gasteiger partial charge in [0.05, 0.1) is 12.5 Å². The van der Waals surface area contributed by atoms with Crippen LogP contribution in [0.5, 0.6) is 0 Å². The standard InChI is InChI=1S/C21H30N2O4/c1-4-16-5-7-17(8-6-16)15(2)13-19(24)22(3)14-20(25)23-11-9-18(10-12-23)21(26)27/h5-8,15,18H,4,9-14H2,1-3H3,(H,26,27). The topological polar surface area (TPSA) is 77.9 Å². The molecule has 0 bridgehead atoms. The lowest BCUT2D eigenvalue weighted by atomic mass is 9.95. The number of nitrogens with zero attached hydrogens (tertiary/aromatic N) is 2. The summed E-state index contributed by atoms with van der Waals surface area (Å²) in [7, 11) is 1.65. The second-order valence-electron chi connectivity index (χ2n) is 7.44. The zero-order chi connectivity index (χ0) is 20.0. The minimum Gasteiger partial charge on any atom is -0.481 e. The summed E-state index contributed by atoms with van der Waals surface area (Å²) in [5, 5.41) is 9.03. The third kappa shape index (κ3) is 5.81. The molecule has 1 unspecified atom stereocenters. The molecular formula is C21H30N2O4. The number of benzene rings is 1. The highest BCUT2D eigenvalue weighted by atomic mass is 16.4. The van der Waals surface area contributed by atoms with Gasteiger partial charge in [0.15, 0.2) is 0 Å². The van der Waals surface area contributed by atoms with E-state index in [0.29, 0.717) is 32.4 Å². The first-order chi connectivity index (χ1) is 12.8. The first kappa shape index (κ1) is 20.9. The summed E-state index contributed by atoms with van der Waals surface area (Å²) in [5.41, 5.74) is 2.39. The van der Waals surface area contributed by atoms with Crippen LogP contribution < -0.4 is 0 Å². The van der Waals surface area contributed by atoms with Crippen LogP contribution in [0.1, 0.15) is 50.2 Å². The van der Waals surface area contributed by atoms with Crippen molar-refractivity contribution in [2.24, 2.45) is 5.92 Å². The largest absolute Gasteiger partial charge is 0.481 e. The SMILES string of the molecule is CCc1ccc(C(C)CC(=O)N(C)CC(=O)N2CCC(C(=O)O)CC2)cc1. The van der Waals surface area contributed by atoms with Crippen molar-refractivity contribution in [2.45, 2.75) is 45.4 Å². The van der Waals surface area contributed by atoms with Crippen molar-refractivity contribution in [1.29, 1.82) is 0 Å². The van der Waals surface area contributed by atoms with Gasteiger partial charge in [-0.05, 0) is 36.3 Å². The van der Waals surface area contributed by atoms with E-state index in [1.165, 1.54) is 10.5 Å². The maximum absolute atomic E-state index is 12.5. The van der Waals surface area contributed by atoms with Crippen LogP contribution in [0.4, 0.5) is 0 Å². The number of aryl methyl sites for hydroxylation is 1. The summed E-state index contributed by atoms with van der Waals surface area (Å²) in [5.74, 6) is -1.25. The molecule has 1 heterocycles. The molecule has 148 valence electrons. The molecule has 0 aromatic heterocycles. The van der Waals surface area contributed by atoms with Crippen LogP contribution >= 0.6 is 0 Å². The number of likely N-dealkylation sites (tertiary alicyclic amines) is 1. The Balaban J connectivity index is 1.82. The fourth-order valence-corrected chi connectivity index (χ4v) is 3.38. The Labute approximate surface area is 161 Å². The van der Waals surface area contributed by atoms with Crippen molar-refractivity contribution >= 4 is 17.8 Å². The second kappa shape index (κ2) is 9.53. The lowest BCUT2D eigenvalue weighted by Crippen LogP contribution is -2.45. The number of rotatable bonds is 7. The molecule has 1 aliphatic rings. The fourth-order valence-electron chi connectivity index (χ4n) is 3.38. The van der Waals surface area contributed by atoms with Gasteiger partial charge in [-0.25, -0.2) is 0 Å². The number of carbonyl (C=O) groups is 3. The Morgan fingerprint density at radius 1 is 1.19 bits per heavy atom. The van der Waals surface area contributed by atoms with Crippen LogP contribution in [0.3, 0.4) is 0 Å². The van der Waals surface area contributed by atoms with Gasteiger partial charge in [-0.2, -0.15) is 0 Å². The summed E-state index contributed by atoms with van der Waals surface area (Å²) >= 11 is 0. The minimum atomic E-state index is -0.796. The summed E-state index contributed by atoms with van der Waals surface area (Å²) in [6, 6.07) is 8.30. The molecule has 1 aliphatic heterocycles. The van der Waals surface area contributed by atoms with Crippen molar-refractivity contribution in [2.75, 3.05) is 26.7 Å². The average molecular weight is 374 g/mol. The first-order valence-corrected chi connectivity index (χ1v) is 9.65. The molecule has 2 rings (SSSR count). The molecule has 1 aromatic carbocycles. The molecule has 0 saturated carbocycles. The van der Waals surface area contributed by atoms with Crippen LogP contribution in [0.15, 0.2) is 24.3 Å². The van der Waals surface area contributed by atoms with E-state index >= 15 is 0 Å². The Morgan fingerprint density at radius 3 is 2.30 bits per heavy atom. The van der Waals surface area contributed by atoms with E-state index in [-0.39, 0.29) is 30.2 Å². The van der Waals surface area contributed by atoms with Crippen molar-refractivity contribution in [3.05, 3.63) is 35.4 Å². The summed E-state index contributed by atoms with van der Waals surface area (Å²) in [6.45, 7) is 5.05. The predicted octanol–water partition coefficient (Wildman–Crippen LogP) is 2.52. The molecule has 0 spiro atoms. The van der Waals surface area contributed by atoms with Gasteiger partial charge >= 0.3 is 5.97 Å². The number of hydrogen-bond donors (Lipinski definition) is 1. The number of hydrogen-bond acceptors (Lipinski definition) is 3. The highest BCUT2D eigenvalue weighted by Crippen LogP contribution is 2.21. The third-order valence-corrected chi connectivity index (χ3v) is 5.43. The number of likely N-dealkylation sites (N-methyl/N-ethyl adjacent to an activating group) is 1. The fraction of sp³-hybridized carbons (Fsp3) is 0.571. The maximum atomic E-state index is 12.5. The van der Waals surface area contributed by atoms with Crippen molar-refractivity contribution in [3.8, 4) is 0 Å². The summed E-state index contributed by atoms with van der Waals surface area (Å²) in [4.78, 5) is 39.0. The maximum Gasteiger partial charge on any atom is 0.306 e. The molecule has 6 heteroatoms. The van der Waals surface area contributed by atoms with Crippen LogP contribution in [-0.2, 0) is 20.8 Å². The van der Waals surface area contributed by atoms with Gasteiger partial charge < -0.3 is 14.9 Å². The van der Waals surface area contributed by atoms with Crippen LogP contribution in [-0.4, -0.2) is 59.4 Å². The van der Waals surface area contributed by atoms with Gasteiger partial charge in [0, 0.05) is 26.6 Å². The molecule has 27 heavy (non-hydrogen) atoms. The molecule has 0 aliphatic carbocycles. The Morgan fingerprint density at radius 2 is 1.78 bits per heavy atom. The van der Waals surface area contributed by atoms with Crippen LogP contribution in [0.25, 0.3) is 0 Å². The molecular weight excluding hydrogens is 344 g/mol. The Bertz CT molecular complexity index is 663. The van der Waals surface area contributed by atoms with Gasteiger partial charge in [0.1, 0.15) is 0 Å². The van der Waals surface area contributed by atoms with E-state index in [4.69, 9.17) is 5.11 Å². The zero-order valence-corrected chi connectivity index (χ0v) is 16.5. The molecule has 6 nitrogen and oxygen atoms in total. The van der Waals surface area contributed by atoms with Crippen molar-refractivity contribution < 1.29 is 19.5 Å². The van der Waals surface area contributed by atoms with Gasteiger partial charge in [-0.15, -0.1) is 0 Å². The first-order valence-electron chi connectivity index (χ1n) is 9.65. The number of carboxylic acid groups (broad SMARTS) is 1. The van der Waals surface area contributed by atoms with E-state index in [0.717, 1.165) is 12.0 Å². The predicted molar refractivity (Wildman–Crippen MR) is 103 cm³/mol. The number of carbonyl (C=O) groups excluding carboxylic acids is 2. The van der Waals surface area contributed by atoms with E-state index in [2.05, 4.69) is 31.2 Å². The number of aliphatic carboxylic acids is 1. The molecule has 2 amide bonds. The molecule has 1 saturated heterocycles. The minimum absolute atomic E-state index is 0.0397. The van der Waals surface area contributed by atoms with E-state index in [1.54, 1.807) is 11.9 Å². The normalized spacial score (nSPS) is 16.0. The molecule has 1 atom stereocenters. The molecule has 0 radical (unpaired) electrons.